The molecule has 1 heterocycles. The molecule has 156 valence electrons. The van der Waals surface area contributed by atoms with Gasteiger partial charge >= 0.3 is 0 Å². The molecule has 4 rings (SSSR count). The number of para-hydroxylation sites is 1. The molecule has 2 aromatic carbocycles. The summed E-state index contributed by atoms with van der Waals surface area (Å²) in [6.45, 7) is 1.58. The van der Waals surface area contributed by atoms with Gasteiger partial charge in [0.25, 0.3) is 0 Å². The number of aromatic nitrogens is 2. The highest BCUT2D eigenvalue weighted by Crippen LogP contribution is 2.31. The zero-order valence-electron chi connectivity index (χ0n) is 17.5. The molecule has 6 heteroatoms. The molecule has 1 saturated carbocycles. The molecule has 0 amide bonds. The van der Waals surface area contributed by atoms with Gasteiger partial charge in [-0.1, -0.05) is 43.2 Å². The maximum absolute atomic E-state index is 11.8. The van der Waals surface area contributed by atoms with Crippen molar-refractivity contribution in [2.24, 2.45) is 0 Å². The van der Waals surface area contributed by atoms with Crippen LogP contribution in [0, 0.1) is 0 Å². The summed E-state index contributed by atoms with van der Waals surface area (Å²) in [5, 5.41) is 5.46. The topological polar surface area (TPSA) is 64.1 Å². The fourth-order valence-corrected chi connectivity index (χ4v) is 4.75. The molecule has 0 atom stereocenters. The standard InChI is InChI=1S/C24H27N3O2S/c1-16(28)17-12-13-22(29-2)18(14-17)15-30-24-26-21-11-7-6-10-20(21)23(27-24)25-19-8-4-3-5-9-19/h6-7,10-14,19H,3-5,8-9,15H2,1-2H3,(H,25,26,27). The Labute approximate surface area is 181 Å². The van der Waals surface area contributed by atoms with Gasteiger partial charge in [0.15, 0.2) is 10.9 Å². The zero-order chi connectivity index (χ0) is 20.9. The molecule has 1 N–H and O–H groups in total. The Balaban J connectivity index is 1.60. The van der Waals surface area contributed by atoms with E-state index in [1.165, 1.54) is 32.1 Å². The lowest BCUT2D eigenvalue weighted by Gasteiger charge is -2.24. The number of rotatable bonds is 7. The Hall–Kier alpha value is -2.60. The summed E-state index contributed by atoms with van der Waals surface area (Å²) in [6, 6.07) is 14.2. The number of nitrogens with zero attached hydrogens (tertiary/aromatic N) is 2. The van der Waals surface area contributed by atoms with Gasteiger partial charge in [0, 0.05) is 28.3 Å². The van der Waals surface area contributed by atoms with Crippen LogP contribution < -0.4 is 10.1 Å². The van der Waals surface area contributed by atoms with Crippen LogP contribution in [0.5, 0.6) is 5.75 Å². The van der Waals surface area contributed by atoms with Crippen molar-refractivity contribution in [3.8, 4) is 5.75 Å². The van der Waals surface area contributed by atoms with Crippen LogP contribution in [-0.2, 0) is 5.75 Å². The molecule has 1 aliphatic carbocycles. The molecule has 3 aromatic rings. The Kier molecular flexibility index (Phi) is 6.53. The van der Waals surface area contributed by atoms with Gasteiger partial charge in [0.1, 0.15) is 11.6 Å². The van der Waals surface area contributed by atoms with E-state index in [0.717, 1.165) is 33.2 Å². The van der Waals surface area contributed by atoms with Gasteiger partial charge in [-0.3, -0.25) is 4.79 Å². The van der Waals surface area contributed by atoms with Gasteiger partial charge in [0.2, 0.25) is 0 Å². The van der Waals surface area contributed by atoms with Crippen LogP contribution in [0.15, 0.2) is 47.6 Å². The van der Waals surface area contributed by atoms with Gasteiger partial charge < -0.3 is 10.1 Å². The number of Topliss-reactive ketones (excluding diaryl/α,β-unsaturated/α-hetero) is 1. The molecule has 0 unspecified atom stereocenters. The van der Waals surface area contributed by atoms with E-state index in [1.807, 2.05) is 30.3 Å². The third kappa shape index (κ3) is 4.75. The summed E-state index contributed by atoms with van der Waals surface area (Å²) in [6.07, 6.45) is 6.25. The van der Waals surface area contributed by atoms with Crippen LogP contribution >= 0.6 is 11.8 Å². The number of carbonyl (C=O) groups is 1. The minimum Gasteiger partial charge on any atom is -0.496 e. The Bertz CT molecular complexity index is 1050. The van der Waals surface area contributed by atoms with E-state index in [2.05, 4.69) is 11.4 Å². The quantitative estimate of drug-likeness (QED) is 0.292. The first kappa shape index (κ1) is 20.7. The van der Waals surface area contributed by atoms with E-state index >= 15 is 0 Å². The van der Waals surface area contributed by atoms with Crippen LogP contribution in [0.1, 0.15) is 54.9 Å². The fraction of sp³-hybridized carbons (Fsp3) is 0.375. The van der Waals surface area contributed by atoms with Crippen molar-refractivity contribution in [1.82, 2.24) is 9.97 Å². The van der Waals surface area contributed by atoms with E-state index in [0.29, 0.717) is 17.4 Å². The second-order valence-electron chi connectivity index (χ2n) is 7.72. The fourth-order valence-electron chi connectivity index (χ4n) is 3.92. The van der Waals surface area contributed by atoms with Gasteiger partial charge in [-0.15, -0.1) is 0 Å². The lowest BCUT2D eigenvalue weighted by molar-refractivity contribution is 0.101. The maximum Gasteiger partial charge on any atom is 0.190 e. The predicted molar refractivity (Wildman–Crippen MR) is 123 cm³/mol. The monoisotopic (exact) mass is 421 g/mol. The number of carbonyl (C=O) groups excluding carboxylic acids is 1. The average Bonchev–Trinajstić information content (AvgIpc) is 2.78. The Morgan fingerprint density at radius 1 is 1.13 bits per heavy atom. The van der Waals surface area contributed by atoms with Crippen molar-refractivity contribution in [3.63, 3.8) is 0 Å². The number of hydrogen-bond acceptors (Lipinski definition) is 6. The number of thioether (sulfide) groups is 1. The van der Waals surface area contributed by atoms with Crippen LogP contribution in [-0.4, -0.2) is 28.9 Å². The minimum atomic E-state index is 0.0461. The number of anilines is 1. The number of ether oxygens (including phenoxy) is 1. The normalized spacial score (nSPS) is 14.6. The predicted octanol–water partition coefficient (Wildman–Crippen LogP) is 5.88. The maximum atomic E-state index is 11.8. The highest BCUT2D eigenvalue weighted by Gasteiger charge is 2.17. The highest BCUT2D eigenvalue weighted by atomic mass is 32.2. The molecule has 0 bridgehead atoms. The summed E-state index contributed by atoms with van der Waals surface area (Å²) in [5.41, 5.74) is 2.59. The van der Waals surface area contributed by atoms with Crippen molar-refractivity contribution >= 4 is 34.3 Å². The van der Waals surface area contributed by atoms with Gasteiger partial charge in [-0.05, 0) is 50.1 Å². The van der Waals surface area contributed by atoms with Crippen LogP contribution in [0.4, 0.5) is 5.82 Å². The molecule has 5 nitrogen and oxygen atoms in total. The Morgan fingerprint density at radius 3 is 2.70 bits per heavy atom. The first-order valence-corrected chi connectivity index (χ1v) is 11.5. The number of benzene rings is 2. The summed E-state index contributed by atoms with van der Waals surface area (Å²) in [4.78, 5) is 21.4. The minimum absolute atomic E-state index is 0.0461. The zero-order valence-corrected chi connectivity index (χ0v) is 18.3. The number of ketones is 1. The number of nitrogens with one attached hydrogen (secondary N) is 1. The lowest BCUT2D eigenvalue weighted by atomic mass is 9.95. The van der Waals surface area contributed by atoms with Gasteiger partial charge in [-0.25, -0.2) is 9.97 Å². The number of fused-ring (bicyclic) bond motifs is 1. The number of hydrogen-bond donors (Lipinski definition) is 1. The molecule has 1 aliphatic rings. The van der Waals surface area contributed by atoms with Crippen molar-refractivity contribution in [2.75, 3.05) is 12.4 Å². The molecule has 1 fully saturated rings. The highest BCUT2D eigenvalue weighted by molar-refractivity contribution is 7.98. The molecule has 0 spiro atoms. The summed E-state index contributed by atoms with van der Waals surface area (Å²) >= 11 is 1.56. The third-order valence-corrected chi connectivity index (χ3v) is 6.47. The van der Waals surface area contributed by atoms with Crippen molar-refractivity contribution in [1.29, 1.82) is 0 Å². The molecule has 1 aromatic heterocycles. The molecule has 30 heavy (non-hydrogen) atoms. The molecule has 0 radical (unpaired) electrons. The summed E-state index contributed by atoms with van der Waals surface area (Å²) in [5.74, 6) is 2.36. The van der Waals surface area contributed by atoms with Crippen molar-refractivity contribution in [2.45, 2.75) is 56.0 Å². The number of methoxy groups -OCH3 is 1. The van der Waals surface area contributed by atoms with E-state index in [-0.39, 0.29) is 5.78 Å². The van der Waals surface area contributed by atoms with Crippen LogP contribution in [0.2, 0.25) is 0 Å². The van der Waals surface area contributed by atoms with Crippen LogP contribution in [0.25, 0.3) is 10.9 Å². The average molecular weight is 422 g/mol. The van der Waals surface area contributed by atoms with Gasteiger partial charge in [0.05, 0.1) is 12.6 Å². The SMILES string of the molecule is COc1ccc(C(C)=O)cc1CSc1nc(NC2CCCCC2)c2ccccc2n1. The second kappa shape index (κ2) is 9.47. The smallest absolute Gasteiger partial charge is 0.190 e. The first-order valence-electron chi connectivity index (χ1n) is 10.5. The van der Waals surface area contributed by atoms with E-state index in [9.17, 15) is 4.79 Å². The van der Waals surface area contributed by atoms with E-state index in [1.54, 1.807) is 31.9 Å². The second-order valence-corrected chi connectivity index (χ2v) is 8.67. The largest absolute Gasteiger partial charge is 0.496 e. The first-order chi connectivity index (χ1) is 14.6. The molecule has 0 saturated heterocycles. The molecular weight excluding hydrogens is 394 g/mol. The molecule has 0 aliphatic heterocycles. The third-order valence-electron chi connectivity index (χ3n) is 5.57. The molecular formula is C24H27N3O2S. The van der Waals surface area contributed by atoms with Gasteiger partial charge in [-0.2, -0.15) is 0 Å². The lowest BCUT2D eigenvalue weighted by Crippen LogP contribution is -2.23. The van der Waals surface area contributed by atoms with E-state index < -0.39 is 0 Å². The van der Waals surface area contributed by atoms with Crippen molar-refractivity contribution < 1.29 is 9.53 Å². The summed E-state index contributed by atoms with van der Waals surface area (Å²) < 4.78 is 5.49. The Morgan fingerprint density at radius 2 is 1.93 bits per heavy atom. The van der Waals surface area contributed by atoms with Crippen molar-refractivity contribution in [3.05, 3.63) is 53.6 Å². The van der Waals surface area contributed by atoms with E-state index in [4.69, 9.17) is 14.7 Å². The van der Waals surface area contributed by atoms with Crippen LogP contribution in [0.3, 0.4) is 0 Å². The summed E-state index contributed by atoms with van der Waals surface area (Å²) in [7, 11) is 1.65.